The summed E-state index contributed by atoms with van der Waals surface area (Å²) >= 11 is 0. The molecule has 7 heteroatoms. The van der Waals surface area contributed by atoms with Crippen molar-refractivity contribution in [2.75, 3.05) is 25.1 Å². The van der Waals surface area contributed by atoms with Crippen LogP contribution in [0.25, 0.3) is 0 Å². The van der Waals surface area contributed by atoms with Crippen molar-refractivity contribution in [3.05, 3.63) is 33.9 Å². The Kier molecular flexibility index (Phi) is 7.17. The average Bonchev–Trinajstić information content (AvgIpc) is 2.45. The van der Waals surface area contributed by atoms with Gasteiger partial charge in [-0.25, -0.2) is 4.79 Å². The van der Waals surface area contributed by atoms with Gasteiger partial charge in [-0.2, -0.15) is 0 Å². The number of unbranched alkanes of at least 4 members (excludes halogenated alkanes) is 1. The second kappa shape index (κ2) is 8.91. The van der Waals surface area contributed by atoms with Crippen molar-refractivity contribution in [1.29, 1.82) is 0 Å². The summed E-state index contributed by atoms with van der Waals surface area (Å²) in [5, 5.41) is 22.9. The van der Waals surface area contributed by atoms with Gasteiger partial charge in [-0.15, -0.1) is 0 Å². The van der Waals surface area contributed by atoms with E-state index in [1.165, 1.54) is 18.2 Å². The van der Waals surface area contributed by atoms with Crippen LogP contribution in [0.15, 0.2) is 18.2 Å². The number of hydrogen-bond acceptors (Lipinski definition) is 5. The van der Waals surface area contributed by atoms with Gasteiger partial charge < -0.3 is 15.2 Å². The van der Waals surface area contributed by atoms with Crippen LogP contribution in [0.2, 0.25) is 0 Å². The number of aromatic carboxylic acids is 1. The van der Waals surface area contributed by atoms with Crippen LogP contribution < -0.4 is 5.32 Å². The fraction of sp³-hybridized carbons (Fsp3) is 0.500. The van der Waals surface area contributed by atoms with Crippen LogP contribution in [0.3, 0.4) is 0 Å². The van der Waals surface area contributed by atoms with Crippen molar-refractivity contribution < 1.29 is 19.6 Å². The third-order valence-electron chi connectivity index (χ3n) is 2.87. The molecule has 0 unspecified atom stereocenters. The Balaban J connectivity index is 2.57. The van der Waals surface area contributed by atoms with Gasteiger partial charge in [-0.1, -0.05) is 19.4 Å². The lowest BCUT2D eigenvalue weighted by molar-refractivity contribution is -0.384. The average molecular weight is 296 g/mol. The topological polar surface area (TPSA) is 102 Å². The van der Waals surface area contributed by atoms with Gasteiger partial charge in [-0.3, -0.25) is 10.1 Å². The Hall–Kier alpha value is -2.15. The van der Waals surface area contributed by atoms with Crippen molar-refractivity contribution in [3.8, 4) is 0 Å². The fourth-order valence-electron chi connectivity index (χ4n) is 1.80. The molecule has 0 saturated heterocycles. The monoisotopic (exact) mass is 296 g/mol. The number of ether oxygens (including phenoxy) is 1. The van der Waals surface area contributed by atoms with Gasteiger partial charge >= 0.3 is 11.7 Å². The Bertz CT molecular complexity index is 490. The van der Waals surface area contributed by atoms with E-state index in [1.807, 2.05) is 0 Å². The molecule has 0 aromatic heterocycles. The number of carboxylic acids is 1. The van der Waals surface area contributed by atoms with Crippen LogP contribution in [0, 0.1) is 10.1 Å². The first-order valence-electron chi connectivity index (χ1n) is 6.90. The summed E-state index contributed by atoms with van der Waals surface area (Å²) in [6.45, 7) is 3.85. The van der Waals surface area contributed by atoms with E-state index in [0.717, 1.165) is 12.8 Å². The van der Waals surface area contributed by atoms with Gasteiger partial charge in [-0.05, 0) is 25.0 Å². The summed E-state index contributed by atoms with van der Waals surface area (Å²) in [7, 11) is 0. The number of benzene rings is 1. The first kappa shape index (κ1) is 16.9. The molecule has 0 spiro atoms. The minimum absolute atomic E-state index is 0.216. The van der Waals surface area contributed by atoms with Crippen LogP contribution >= 0.6 is 0 Å². The molecule has 0 heterocycles. The standard InChI is InChI=1S/C14H20N2O5/c1-2-3-9-21-10-5-8-15-12-7-4-6-11(14(17)18)13(12)16(19)20/h4,6-7,15H,2-3,5,8-10H2,1H3,(H,17,18). The number of nitro groups is 1. The molecule has 1 rings (SSSR count). The van der Waals surface area contributed by atoms with E-state index in [0.29, 0.717) is 26.2 Å². The summed E-state index contributed by atoms with van der Waals surface area (Å²) in [5.41, 5.74) is -0.505. The maximum Gasteiger partial charge on any atom is 0.342 e. The normalized spacial score (nSPS) is 10.3. The number of carboxylic acid groups (broad SMARTS) is 1. The zero-order valence-electron chi connectivity index (χ0n) is 12.0. The molecule has 0 saturated carbocycles. The van der Waals surface area contributed by atoms with Gasteiger partial charge in [0, 0.05) is 19.8 Å². The predicted octanol–water partition coefficient (Wildman–Crippen LogP) is 2.91. The Morgan fingerprint density at radius 2 is 2.10 bits per heavy atom. The van der Waals surface area contributed by atoms with Crippen LogP contribution in [-0.4, -0.2) is 35.8 Å². The summed E-state index contributed by atoms with van der Waals surface area (Å²) in [4.78, 5) is 21.4. The van der Waals surface area contributed by atoms with Crippen LogP contribution in [0.1, 0.15) is 36.5 Å². The van der Waals surface area contributed by atoms with Crippen LogP contribution in [0.4, 0.5) is 11.4 Å². The van der Waals surface area contributed by atoms with Gasteiger partial charge in [0.1, 0.15) is 11.3 Å². The molecule has 0 amide bonds. The SMILES string of the molecule is CCCCOCCCNc1cccc(C(=O)O)c1[N+](=O)[O-]. The molecule has 0 bridgehead atoms. The lowest BCUT2D eigenvalue weighted by Crippen LogP contribution is -2.10. The molecule has 0 fully saturated rings. The van der Waals surface area contributed by atoms with E-state index >= 15 is 0 Å². The van der Waals surface area contributed by atoms with Gasteiger partial charge in [0.25, 0.3) is 0 Å². The lowest BCUT2D eigenvalue weighted by Gasteiger charge is -2.09. The Morgan fingerprint density at radius 1 is 1.38 bits per heavy atom. The van der Waals surface area contributed by atoms with Gasteiger partial charge in [0.2, 0.25) is 0 Å². The number of anilines is 1. The Labute approximate surface area is 123 Å². The third-order valence-corrected chi connectivity index (χ3v) is 2.87. The number of hydrogen-bond donors (Lipinski definition) is 2. The van der Waals surface area contributed by atoms with E-state index in [1.54, 1.807) is 0 Å². The molecular formula is C14H20N2O5. The van der Waals surface area contributed by atoms with E-state index in [-0.39, 0.29) is 11.3 Å². The number of nitrogens with one attached hydrogen (secondary N) is 1. The maximum atomic E-state index is 11.0. The van der Waals surface area contributed by atoms with Crippen molar-refractivity contribution in [1.82, 2.24) is 0 Å². The first-order valence-corrected chi connectivity index (χ1v) is 6.90. The second-order valence-electron chi connectivity index (χ2n) is 4.51. The third kappa shape index (κ3) is 5.39. The first-order chi connectivity index (χ1) is 10.1. The summed E-state index contributed by atoms with van der Waals surface area (Å²) in [6.07, 6.45) is 2.78. The number of rotatable bonds is 10. The highest BCUT2D eigenvalue weighted by Crippen LogP contribution is 2.28. The zero-order valence-corrected chi connectivity index (χ0v) is 12.0. The highest BCUT2D eigenvalue weighted by molar-refractivity contribution is 5.95. The minimum atomic E-state index is -1.31. The summed E-state index contributed by atoms with van der Waals surface area (Å²) in [5.74, 6) is -1.31. The van der Waals surface area contributed by atoms with Crippen molar-refractivity contribution in [3.63, 3.8) is 0 Å². The quantitative estimate of drug-likeness (QED) is 0.391. The highest BCUT2D eigenvalue weighted by Gasteiger charge is 2.23. The van der Waals surface area contributed by atoms with Crippen molar-refractivity contribution >= 4 is 17.3 Å². The second-order valence-corrected chi connectivity index (χ2v) is 4.51. The molecule has 0 radical (unpaired) electrons. The van der Waals surface area contributed by atoms with E-state index in [4.69, 9.17) is 9.84 Å². The smallest absolute Gasteiger partial charge is 0.342 e. The summed E-state index contributed by atoms with van der Waals surface area (Å²) in [6, 6.07) is 4.21. The van der Waals surface area contributed by atoms with Gasteiger partial charge in [0.15, 0.2) is 0 Å². The number of carbonyl (C=O) groups is 1. The largest absolute Gasteiger partial charge is 0.477 e. The highest BCUT2D eigenvalue weighted by atomic mass is 16.6. The molecule has 1 aromatic carbocycles. The maximum absolute atomic E-state index is 11.0. The molecule has 0 aliphatic rings. The number of nitro benzene ring substituents is 1. The number of para-hydroxylation sites is 1. The molecule has 0 aliphatic heterocycles. The predicted molar refractivity (Wildman–Crippen MR) is 78.9 cm³/mol. The molecule has 0 atom stereocenters. The van der Waals surface area contributed by atoms with Crippen molar-refractivity contribution in [2.45, 2.75) is 26.2 Å². The summed E-state index contributed by atoms with van der Waals surface area (Å²) < 4.78 is 5.38. The Morgan fingerprint density at radius 3 is 2.71 bits per heavy atom. The van der Waals surface area contributed by atoms with Crippen molar-refractivity contribution in [2.24, 2.45) is 0 Å². The van der Waals surface area contributed by atoms with E-state index < -0.39 is 16.6 Å². The minimum Gasteiger partial charge on any atom is -0.477 e. The molecule has 2 N–H and O–H groups in total. The number of nitrogens with zero attached hydrogens (tertiary/aromatic N) is 1. The molecule has 0 aliphatic carbocycles. The molecule has 1 aromatic rings. The lowest BCUT2D eigenvalue weighted by atomic mass is 10.1. The zero-order chi connectivity index (χ0) is 15.7. The van der Waals surface area contributed by atoms with Crippen LogP contribution in [0.5, 0.6) is 0 Å². The van der Waals surface area contributed by atoms with Crippen LogP contribution in [-0.2, 0) is 4.74 Å². The molecule has 116 valence electrons. The van der Waals surface area contributed by atoms with E-state index in [9.17, 15) is 14.9 Å². The van der Waals surface area contributed by atoms with E-state index in [2.05, 4.69) is 12.2 Å². The molecule has 21 heavy (non-hydrogen) atoms. The molecule has 7 nitrogen and oxygen atoms in total. The molecular weight excluding hydrogens is 276 g/mol. The van der Waals surface area contributed by atoms with Gasteiger partial charge in [0.05, 0.1) is 4.92 Å². The fourth-order valence-corrected chi connectivity index (χ4v) is 1.80.